The molecular weight excluding hydrogens is 288 g/mol. The van der Waals surface area contributed by atoms with Crippen LogP contribution in [0, 0.1) is 22.1 Å². The van der Waals surface area contributed by atoms with E-state index in [0.29, 0.717) is 16.9 Å². The van der Waals surface area contributed by atoms with Gasteiger partial charge in [-0.1, -0.05) is 18.2 Å². The van der Waals surface area contributed by atoms with Crippen LogP contribution in [0.25, 0.3) is 10.9 Å². The second kappa shape index (κ2) is 5.73. The number of aromatic nitrogens is 2. The number of para-hydroxylation sites is 1. The van der Waals surface area contributed by atoms with Gasteiger partial charge in [0, 0.05) is 18.1 Å². The van der Waals surface area contributed by atoms with Crippen molar-refractivity contribution in [1.82, 2.24) is 9.55 Å². The summed E-state index contributed by atoms with van der Waals surface area (Å²) in [6, 6.07) is 16.9. The molecule has 0 saturated heterocycles. The van der Waals surface area contributed by atoms with Gasteiger partial charge in [-0.3, -0.25) is 15.4 Å². The molecule has 112 valence electrons. The molecule has 23 heavy (non-hydrogen) atoms. The van der Waals surface area contributed by atoms with E-state index < -0.39 is 0 Å². The Morgan fingerprint density at radius 1 is 1.22 bits per heavy atom. The lowest BCUT2D eigenvalue weighted by molar-refractivity contribution is 0.915. The number of nitrogens with one attached hydrogen (secondary N) is 2. The van der Waals surface area contributed by atoms with Crippen molar-refractivity contribution in [2.24, 2.45) is 0 Å². The lowest BCUT2D eigenvalue weighted by Gasteiger charge is -2.21. The number of rotatable bonds is 3. The van der Waals surface area contributed by atoms with Gasteiger partial charge in [0.25, 0.3) is 0 Å². The summed E-state index contributed by atoms with van der Waals surface area (Å²) in [6.45, 7) is 0. The van der Waals surface area contributed by atoms with Crippen LogP contribution < -0.4 is 10.5 Å². The molecule has 1 aromatic heterocycles. The number of hydrogen-bond acceptors (Lipinski definition) is 5. The van der Waals surface area contributed by atoms with E-state index in [1.807, 2.05) is 42.3 Å². The van der Waals surface area contributed by atoms with E-state index in [0.717, 1.165) is 17.4 Å². The first-order chi connectivity index (χ1) is 11.2. The van der Waals surface area contributed by atoms with E-state index in [9.17, 15) is 0 Å². The molecule has 0 aliphatic carbocycles. The minimum Gasteiger partial charge on any atom is -0.329 e. The van der Waals surface area contributed by atoms with Crippen molar-refractivity contribution in [3.05, 3.63) is 59.7 Å². The average molecular weight is 302 g/mol. The van der Waals surface area contributed by atoms with Gasteiger partial charge in [-0.05, 0) is 30.3 Å². The Bertz CT molecular complexity index is 982. The van der Waals surface area contributed by atoms with Gasteiger partial charge in [-0.25, -0.2) is 0 Å². The molecule has 0 unspecified atom stereocenters. The van der Waals surface area contributed by atoms with Gasteiger partial charge in [0.15, 0.2) is 0 Å². The molecule has 2 aromatic carbocycles. The Morgan fingerprint density at radius 2 is 1.96 bits per heavy atom. The lowest BCUT2D eigenvalue weighted by Crippen LogP contribution is -2.26. The van der Waals surface area contributed by atoms with Gasteiger partial charge in [0.1, 0.15) is 5.82 Å². The summed E-state index contributed by atoms with van der Waals surface area (Å²) in [5, 5.41) is 25.4. The molecule has 0 spiro atoms. The molecule has 0 amide bonds. The fraction of sp³-hybridized carbons (Fsp3) is 0.0588. The van der Waals surface area contributed by atoms with Gasteiger partial charge < -0.3 is 4.90 Å². The monoisotopic (exact) mass is 302 g/mol. The van der Waals surface area contributed by atoms with Crippen molar-refractivity contribution >= 4 is 28.7 Å². The molecule has 0 aliphatic heterocycles. The average Bonchev–Trinajstić information content (AvgIpc) is 2.61. The maximum absolute atomic E-state index is 9.15. The Balaban J connectivity index is 2.34. The summed E-state index contributed by atoms with van der Waals surface area (Å²) >= 11 is 0. The van der Waals surface area contributed by atoms with E-state index in [1.165, 1.54) is 4.57 Å². The van der Waals surface area contributed by atoms with Gasteiger partial charge >= 0.3 is 0 Å². The van der Waals surface area contributed by atoms with Crippen LogP contribution in [0.3, 0.4) is 0 Å². The maximum atomic E-state index is 9.15. The van der Waals surface area contributed by atoms with Crippen LogP contribution in [-0.4, -0.2) is 22.9 Å². The third-order valence-corrected chi connectivity index (χ3v) is 3.66. The first-order valence-corrected chi connectivity index (χ1v) is 6.96. The molecule has 6 heteroatoms. The summed E-state index contributed by atoms with van der Waals surface area (Å²) in [5.41, 5.74) is 2.07. The first kappa shape index (κ1) is 14.5. The minimum atomic E-state index is -0.0324. The Morgan fingerprint density at radius 3 is 2.61 bits per heavy atom. The molecule has 0 saturated carbocycles. The number of benzene rings is 2. The topological polar surface area (TPSA) is 92.6 Å². The predicted molar refractivity (Wildman–Crippen MR) is 89.0 cm³/mol. The first-order valence-electron chi connectivity index (χ1n) is 6.96. The Labute approximate surface area is 132 Å². The number of hydrogen-bond donors (Lipinski definition) is 2. The minimum absolute atomic E-state index is 0.0324. The van der Waals surface area contributed by atoms with Crippen molar-refractivity contribution < 1.29 is 0 Å². The van der Waals surface area contributed by atoms with Crippen LogP contribution in [0.1, 0.15) is 5.56 Å². The normalized spacial score (nSPS) is 10.3. The molecule has 0 radical (unpaired) electrons. The van der Waals surface area contributed by atoms with Gasteiger partial charge in [0.05, 0.1) is 23.5 Å². The number of anilines is 2. The van der Waals surface area contributed by atoms with E-state index in [4.69, 9.17) is 16.1 Å². The highest BCUT2D eigenvalue weighted by Crippen LogP contribution is 2.28. The van der Waals surface area contributed by atoms with Crippen LogP contribution in [0.4, 0.5) is 11.5 Å². The van der Waals surface area contributed by atoms with E-state index >= 15 is 0 Å². The molecule has 0 atom stereocenters. The lowest BCUT2D eigenvalue weighted by atomic mass is 10.1. The molecule has 0 aliphatic rings. The molecule has 1 heterocycles. The van der Waals surface area contributed by atoms with E-state index in [1.54, 1.807) is 18.2 Å². The molecule has 0 bridgehead atoms. The van der Waals surface area contributed by atoms with E-state index in [-0.39, 0.29) is 5.62 Å². The quantitative estimate of drug-likeness (QED) is 0.575. The predicted octanol–water partition coefficient (Wildman–Crippen LogP) is 2.61. The van der Waals surface area contributed by atoms with E-state index in [2.05, 4.69) is 11.1 Å². The maximum Gasteiger partial charge on any atom is 0.229 e. The summed E-state index contributed by atoms with van der Waals surface area (Å²) < 4.78 is 1.37. The molecule has 0 fully saturated rings. The third kappa shape index (κ3) is 2.45. The highest BCUT2D eigenvalue weighted by molar-refractivity contribution is 5.94. The second-order valence-corrected chi connectivity index (χ2v) is 5.00. The van der Waals surface area contributed by atoms with Gasteiger partial charge in [0.2, 0.25) is 5.62 Å². The third-order valence-electron chi connectivity index (χ3n) is 3.66. The fourth-order valence-corrected chi connectivity index (χ4v) is 2.48. The Kier molecular flexibility index (Phi) is 3.61. The highest BCUT2D eigenvalue weighted by atomic mass is 15.2. The smallest absolute Gasteiger partial charge is 0.229 e. The van der Waals surface area contributed by atoms with Crippen LogP contribution in [0.15, 0.2) is 48.5 Å². The summed E-state index contributed by atoms with van der Waals surface area (Å²) in [6.07, 6.45) is 1.05. The SMILES string of the molecule is CN(c1ccccc1)c1nc(=N)n(C=N)c2ccc(C#N)cc12. The van der Waals surface area contributed by atoms with Crippen molar-refractivity contribution in [2.45, 2.75) is 0 Å². The zero-order valence-corrected chi connectivity index (χ0v) is 12.5. The largest absolute Gasteiger partial charge is 0.329 e. The van der Waals surface area contributed by atoms with Crippen LogP contribution >= 0.6 is 0 Å². The standard InChI is InChI=1S/C17H14N6/c1-22(13-5-3-2-4-6-13)16-14-9-12(10-18)7-8-15(14)23(11-19)17(20)21-16/h2-9,11,19-20H,1H3. The number of fused-ring (bicyclic) bond motifs is 1. The summed E-state index contributed by atoms with van der Waals surface area (Å²) in [5.74, 6) is 0.575. The second-order valence-electron chi connectivity index (χ2n) is 5.00. The summed E-state index contributed by atoms with van der Waals surface area (Å²) in [7, 11) is 1.87. The van der Waals surface area contributed by atoms with Crippen molar-refractivity contribution in [3.63, 3.8) is 0 Å². The van der Waals surface area contributed by atoms with Crippen LogP contribution in [0.2, 0.25) is 0 Å². The summed E-state index contributed by atoms with van der Waals surface area (Å²) in [4.78, 5) is 6.19. The Hall–Kier alpha value is -3.46. The van der Waals surface area contributed by atoms with Crippen LogP contribution in [0.5, 0.6) is 0 Å². The molecule has 3 aromatic rings. The van der Waals surface area contributed by atoms with Crippen molar-refractivity contribution in [1.29, 1.82) is 16.1 Å². The molecule has 6 nitrogen and oxygen atoms in total. The zero-order chi connectivity index (χ0) is 16.4. The molecular formula is C17H14N6. The van der Waals surface area contributed by atoms with Crippen LogP contribution in [-0.2, 0) is 0 Å². The van der Waals surface area contributed by atoms with Gasteiger partial charge in [-0.15, -0.1) is 0 Å². The fourth-order valence-electron chi connectivity index (χ4n) is 2.48. The highest BCUT2D eigenvalue weighted by Gasteiger charge is 2.13. The molecule has 2 N–H and O–H groups in total. The number of nitrogens with zero attached hydrogens (tertiary/aromatic N) is 4. The van der Waals surface area contributed by atoms with Gasteiger partial charge in [-0.2, -0.15) is 10.2 Å². The zero-order valence-electron chi connectivity index (χ0n) is 12.5. The molecule has 3 rings (SSSR count). The van der Waals surface area contributed by atoms with Crippen molar-refractivity contribution in [2.75, 3.05) is 11.9 Å². The van der Waals surface area contributed by atoms with Crippen molar-refractivity contribution in [3.8, 4) is 6.07 Å². The number of nitriles is 1.